The molecule has 0 saturated carbocycles. The van der Waals surface area contributed by atoms with Gasteiger partial charge in [0.25, 0.3) is 0 Å². The molecule has 0 bridgehead atoms. The topological polar surface area (TPSA) is 32.7 Å². The summed E-state index contributed by atoms with van der Waals surface area (Å²) in [5.41, 5.74) is 0. The first kappa shape index (κ1) is 13.9. The fourth-order valence-electron chi connectivity index (χ4n) is 2.57. The van der Waals surface area contributed by atoms with Gasteiger partial charge in [-0.1, -0.05) is 13.8 Å². The molecule has 0 aromatic carbocycles. The van der Waals surface area contributed by atoms with E-state index in [1.165, 1.54) is 19.3 Å². The molecule has 0 aromatic rings. The van der Waals surface area contributed by atoms with Crippen LogP contribution in [0.2, 0.25) is 0 Å². The van der Waals surface area contributed by atoms with Crippen molar-refractivity contribution in [3.05, 3.63) is 0 Å². The fourth-order valence-corrected chi connectivity index (χ4v) is 2.57. The van der Waals surface area contributed by atoms with Gasteiger partial charge >= 0.3 is 0 Å². The Bertz CT molecular complexity index is 185. The van der Waals surface area contributed by atoms with Gasteiger partial charge in [0.1, 0.15) is 0 Å². The Morgan fingerprint density at radius 3 is 2.69 bits per heavy atom. The number of methoxy groups -OCH3 is 1. The number of nitrogens with zero attached hydrogens (tertiary/aromatic N) is 1. The highest BCUT2D eigenvalue weighted by Crippen LogP contribution is 2.24. The molecule has 0 unspecified atom stereocenters. The summed E-state index contributed by atoms with van der Waals surface area (Å²) in [5, 5.41) is 9.70. The monoisotopic (exact) mass is 229 g/mol. The number of hydrogen-bond donors (Lipinski definition) is 1. The minimum atomic E-state index is -0.333. The van der Waals surface area contributed by atoms with E-state index >= 15 is 0 Å². The second kappa shape index (κ2) is 7.25. The van der Waals surface area contributed by atoms with E-state index in [2.05, 4.69) is 18.7 Å². The van der Waals surface area contributed by atoms with Crippen LogP contribution in [0.4, 0.5) is 0 Å². The molecule has 1 saturated heterocycles. The van der Waals surface area contributed by atoms with Gasteiger partial charge in [0, 0.05) is 13.7 Å². The maximum atomic E-state index is 9.70. The van der Waals surface area contributed by atoms with E-state index < -0.39 is 0 Å². The number of likely N-dealkylation sites (tertiary alicyclic amines) is 1. The van der Waals surface area contributed by atoms with Crippen LogP contribution in [0.1, 0.15) is 33.1 Å². The lowest BCUT2D eigenvalue weighted by molar-refractivity contribution is 0.0381. The minimum absolute atomic E-state index is 0.333. The van der Waals surface area contributed by atoms with Crippen molar-refractivity contribution in [3.8, 4) is 0 Å². The zero-order chi connectivity index (χ0) is 12.0. The lowest BCUT2D eigenvalue weighted by Crippen LogP contribution is -2.35. The first-order valence-electron chi connectivity index (χ1n) is 6.52. The summed E-state index contributed by atoms with van der Waals surface area (Å²) in [5.74, 6) is 1.66. The average molecular weight is 229 g/mol. The maximum Gasteiger partial charge on any atom is 0.0900 e. The Morgan fingerprint density at radius 1 is 1.31 bits per heavy atom. The van der Waals surface area contributed by atoms with Crippen molar-refractivity contribution in [2.24, 2.45) is 11.8 Å². The van der Waals surface area contributed by atoms with E-state index in [9.17, 15) is 5.11 Å². The van der Waals surface area contributed by atoms with Crippen LogP contribution in [0.5, 0.6) is 0 Å². The first-order chi connectivity index (χ1) is 7.63. The minimum Gasteiger partial charge on any atom is -0.389 e. The van der Waals surface area contributed by atoms with E-state index in [0.717, 1.165) is 31.5 Å². The van der Waals surface area contributed by atoms with Crippen molar-refractivity contribution in [3.63, 3.8) is 0 Å². The molecule has 1 aliphatic heterocycles. The molecule has 0 radical (unpaired) electrons. The zero-order valence-corrected chi connectivity index (χ0v) is 11.0. The molecule has 16 heavy (non-hydrogen) atoms. The smallest absolute Gasteiger partial charge is 0.0900 e. The van der Waals surface area contributed by atoms with E-state index in [1.54, 1.807) is 7.11 Å². The van der Waals surface area contributed by atoms with Crippen molar-refractivity contribution < 1.29 is 9.84 Å². The summed E-state index contributed by atoms with van der Waals surface area (Å²) in [7, 11) is 1.64. The van der Waals surface area contributed by atoms with Crippen molar-refractivity contribution in [1.29, 1.82) is 0 Å². The highest BCUT2D eigenvalue weighted by Gasteiger charge is 2.20. The third-order valence-corrected chi connectivity index (χ3v) is 3.64. The van der Waals surface area contributed by atoms with E-state index in [-0.39, 0.29) is 6.10 Å². The normalized spacial score (nSPS) is 25.7. The van der Waals surface area contributed by atoms with Crippen LogP contribution >= 0.6 is 0 Å². The lowest BCUT2D eigenvalue weighted by atomic mass is 9.89. The lowest BCUT2D eigenvalue weighted by Gasteiger charge is -2.23. The van der Waals surface area contributed by atoms with Crippen molar-refractivity contribution in [2.45, 2.75) is 39.2 Å². The maximum absolute atomic E-state index is 9.70. The standard InChI is InChI=1S/C13H27NO2/c1-11(2)12-5-4-7-14(8-6-12)9-13(15)10-16-3/h11-13,15H,4-10H2,1-3H3/t12-,13-/m1/s1. The highest BCUT2D eigenvalue weighted by atomic mass is 16.5. The van der Waals surface area contributed by atoms with Crippen LogP contribution in [0.25, 0.3) is 0 Å². The molecule has 0 aliphatic carbocycles. The molecule has 1 N–H and O–H groups in total. The van der Waals surface area contributed by atoms with Crippen molar-refractivity contribution in [1.82, 2.24) is 4.90 Å². The van der Waals surface area contributed by atoms with Gasteiger partial charge in [-0.2, -0.15) is 0 Å². The number of β-amino-alcohol motifs (C(OH)–C–C–N with tert-alkyl or cyclic N) is 1. The molecule has 0 spiro atoms. The van der Waals surface area contributed by atoms with Crippen LogP contribution in [-0.4, -0.2) is 49.5 Å². The molecule has 3 nitrogen and oxygen atoms in total. The molecule has 3 heteroatoms. The molecule has 2 atom stereocenters. The first-order valence-corrected chi connectivity index (χ1v) is 6.52. The van der Waals surface area contributed by atoms with Gasteiger partial charge in [-0.15, -0.1) is 0 Å². The van der Waals surface area contributed by atoms with Gasteiger partial charge < -0.3 is 14.7 Å². The number of hydrogen-bond acceptors (Lipinski definition) is 3. The summed E-state index contributed by atoms with van der Waals surface area (Å²) >= 11 is 0. The van der Waals surface area contributed by atoms with Crippen molar-refractivity contribution in [2.75, 3.05) is 33.4 Å². The predicted octanol–water partition coefficient (Wildman–Crippen LogP) is 1.75. The summed E-state index contributed by atoms with van der Waals surface area (Å²) < 4.78 is 4.96. The average Bonchev–Trinajstić information content (AvgIpc) is 2.43. The van der Waals surface area contributed by atoms with Crippen LogP contribution in [-0.2, 0) is 4.74 Å². The third kappa shape index (κ3) is 4.81. The molecule has 1 aliphatic rings. The molecular weight excluding hydrogens is 202 g/mol. The molecule has 0 aromatic heterocycles. The predicted molar refractivity (Wildman–Crippen MR) is 66.5 cm³/mol. The third-order valence-electron chi connectivity index (χ3n) is 3.64. The Labute approximate surface area is 99.8 Å². The number of ether oxygens (including phenoxy) is 1. The van der Waals surface area contributed by atoms with Crippen LogP contribution in [0, 0.1) is 11.8 Å². The van der Waals surface area contributed by atoms with Crippen molar-refractivity contribution >= 4 is 0 Å². The fraction of sp³-hybridized carbons (Fsp3) is 1.00. The summed E-state index contributed by atoms with van der Waals surface area (Å²) in [4.78, 5) is 2.38. The van der Waals surface area contributed by atoms with Gasteiger partial charge in [0.05, 0.1) is 12.7 Å². The molecule has 1 heterocycles. The molecule has 96 valence electrons. The van der Waals surface area contributed by atoms with Crippen LogP contribution in [0.15, 0.2) is 0 Å². The summed E-state index contributed by atoms with van der Waals surface area (Å²) in [6.45, 7) is 8.11. The number of aliphatic hydroxyl groups excluding tert-OH is 1. The number of aliphatic hydroxyl groups is 1. The second-order valence-electron chi connectivity index (χ2n) is 5.34. The van der Waals surface area contributed by atoms with Gasteiger partial charge in [-0.05, 0) is 44.2 Å². The van der Waals surface area contributed by atoms with Gasteiger partial charge in [0.15, 0.2) is 0 Å². The summed E-state index contributed by atoms with van der Waals surface area (Å²) in [6.07, 6.45) is 3.55. The van der Waals surface area contributed by atoms with Gasteiger partial charge in [0.2, 0.25) is 0 Å². The SMILES string of the molecule is COC[C@H](O)CN1CCC[C@@H](C(C)C)CC1. The zero-order valence-electron chi connectivity index (χ0n) is 11.0. The largest absolute Gasteiger partial charge is 0.389 e. The Morgan fingerprint density at radius 2 is 2.06 bits per heavy atom. The van der Waals surface area contributed by atoms with Crippen LogP contribution in [0.3, 0.4) is 0 Å². The summed E-state index contributed by atoms with van der Waals surface area (Å²) in [6, 6.07) is 0. The Hall–Kier alpha value is -0.120. The molecule has 1 fully saturated rings. The molecule has 1 rings (SSSR count). The highest BCUT2D eigenvalue weighted by molar-refractivity contribution is 4.73. The van der Waals surface area contributed by atoms with Gasteiger partial charge in [-0.3, -0.25) is 0 Å². The second-order valence-corrected chi connectivity index (χ2v) is 5.34. The molecule has 0 amide bonds. The quantitative estimate of drug-likeness (QED) is 0.779. The van der Waals surface area contributed by atoms with Crippen LogP contribution < -0.4 is 0 Å². The Balaban J connectivity index is 2.29. The van der Waals surface area contributed by atoms with E-state index in [1.807, 2.05) is 0 Å². The molecular formula is C13H27NO2. The Kier molecular flexibility index (Phi) is 6.32. The van der Waals surface area contributed by atoms with E-state index in [4.69, 9.17) is 4.74 Å². The van der Waals surface area contributed by atoms with E-state index in [0.29, 0.717) is 6.61 Å². The number of rotatable bonds is 5. The van der Waals surface area contributed by atoms with Gasteiger partial charge in [-0.25, -0.2) is 0 Å².